The summed E-state index contributed by atoms with van der Waals surface area (Å²) >= 11 is 0. The van der Waals surface area contributed by atoms with Gasteiger partial charge in [-0.3, -0.25) is 9.48 Å². The van der Waals surface area contributed by atoms with Crippen molar-refractivity contribution in [3.63, 3.8) is 0 Å². The molecule has 0 spiro atoms. The van der Waals surface area contributed by atoms with Gasteiger partial charge < -0.3 is 20.1 Å². The molecule has 0 bridgehead atoms. The summed E-state index contributed by atoms with van der Waals surface area (Å²) in [4.78, 5) is 16.7. The van der Waals surface area contributed by atoms with Crippen molar-refractivity contribution in [1.29, 1.82) is 0 Å². The Morgan fingerprint density at radius 2 is 2.17 bits per heavy atom. The first-order valence-corrected chi connectivity index (χ1v) is 9.15. The minimum atomic E-state index is -1.10. The van der Waals surface area contributed by atoms with Gasteiger partial charge in [-0.2, -0.15) is 5.10 Å². The zero-order valence-electron chi connectivity index (χ0n) is 16.4. The number of carbonyl (C=O) groups excluding carboxylic acids is 1. The molecule has 1 aliphatic rings. The molecule has 0 atom stereocenters. The second kappa shape index (κ2) is 6.79. The second-order valence-corrected chi connectivity index (χ2v) is 7.42. The number of rotatable bonds is 2. The Bertz CT molecular complexity index is 1170. The van der Waals surface area contributed by atoms with E-state index in [9.17, 15) is 9.90 Å². The lowest BCUT2D eigenvalue weighted by Gasteiger charge is -2.08. The lowest BCUT2D eigenvalue weighted by Crippen LogP contribution is -2.14. The molecule has 3 heterocycles. The Labute approximate surface area is 167 Å². The average Bonchev–Trinajstić information content (AvgIpc) is 3.19. The predicted octanol–water partition coefficient (Wildman–Crippen LogP) is 1.56. The van der Waals surface area contributed by atoms with Crippen LogP contribution < -0.4 is 10.5 Å². The van der Waals surface area contributed by atoms with E-state index < -0.39 is 11.5 Å². The number of benzene rings is 1. The fraction of sp³-hybridized carbons (Fsp3) is 0.286. The van der Waals surface area contributed by atoms with Gasteiger partial charge in [-0.15, -0.1) is 0 Å². The summed E-state index contributed by atoms with van der Waals surface area (Å²) in [6.45, 7) is 4.16. The number of ether oxygens (including phenoxy) is 1. The monoisotopic (exact) mass is 391 g/mol. The van der Waals surface area contributed by atoms with E-state index in [2.05, 4.69) is 21.9 Å². The third-order valence-corrected chi connectivity index (χ3v) is 4.48. The van der Waals surface area contributed by atoms with Crippen molar-refractivity contribution in [3.8, 4) is 40.2 Å². The fourth-order valence-corrected chi connectivity index (χ4v) is 3.26. The summed E-state index contributed by atoms with van der Waals surface area (Å²) in [5.74, 6) is 6.39. The van der Waals surface area contributed by atoms with E-state index in [1.807, 2.05) is 29.0 Å². The van der Waals surface area contributed by atoms with E-state index in [0.29, 0.717) is 41.5 Å². The van der Waals surface area contributed by atoms with Gasteiger partial charge in [0, 0.05) is 24.4 Å². The summed E-state index contributed by atoms with van der Waals surface area (Å²) in [5.41, 5.74) is 7.50. The molecule has 0 aliphatic carbocycles. The molecule has 29 heavy (non-hydrogen) atoms. The van der Waals surface area contributed by atoms with Crippen molar-refractivity contribution in [3.05, 3.63) is 41.9 Å². The van der Waals surface area contributed by atoms with Crippen molar-refractivity contribution in [2.24, 2.45) is 12.8 Å². The first kappa shape index (κ1) is 18.8. The van der Waals surface area contributed by atoms with Crippen LogP contribution in [-0.2, 0) is 13.6 Å². The third kappa shape index (κ3) is 3.60. The van der Waals surface area contributed by atoms with Crippen LogP contribution in [-0.4, -0.2) is 42.6 Å². The Kier molecular flexibility index (Phi) is 4.40. The molecule has 0 saturated heterocycles. The van der Waals surface area contributed by atoms with Crippen LogP contribution in [0.3, 0.4) is 0 Å². The Hall–Kier alpha value is -3.57. The Morgan fingerprint density at radius 3 is 2.83 bits per heavy atom. The van der Waals surface area contributed by atoms with Gasteiger partial charge >= 0.3 is 0 Å². The lowest BCUT2D eigenvalue weighted by atomic mass is 10.1. The molecule has 1 aromatic carbocycles. The van der Waals surface area contributed by atoms with Crippen molar-refractivity contribution in [1.82, 2.24) is 19.3 Å². The van der Waals surface area contributed by atoms with Gasteiger partial charge in [-0.05, 0) is 32.0 Å². The number of nitrogens with zero attached hydrogens (tertiary/aromatic N) is 4. The van der Waals surface area contributed by atoms with Crippen molar-refractivity contribution in [2.75, 3.05) is 6.61 Å². The first-order valence-electron chi connectivity index (χ1n) is 9.15. The van der Waals surface area contributed by atoms with Gasteiger partial charge in [0.05, 0.1) is 24.0 Å². The van der Waals surface area contributed by atoms with E-state index in [1.165, 1.54) is 0 Å². The van der Waals surface area contributed by atoms with Gasteiger partial charge in [-0.1, -0.05) is 11.8 Å². The summed E-state index contributed by atoms with van der Waals surface area (Å²) in [6, 6.07) is 5.49. The quantitative estimate of drug-likeness (QED) is 0.645. The molecule has 8 nitrogen and oxygen atoms in total. The maximum absolute atomic E-state index is 12.1. The van der Waals surface area contributed by atoms with Crippen LogP contribution in [0.1, 0.15) is 29.9 Å². The maximum Gasteiger partial charge on any atom is 0.269 e. The topological polar surface area (TPSA) is 108 Å². The standard InChI is InChI=1S/C21H21N5O3/c1-21(2,28)7-6-13-4-5-16-15(10-13)20-24-17(19(22)27)18(26(20)8-9-29-16)14-11-23-25(3)12-14/h4-5,10-12,28H,8-9H2,1-3H3,(H2,22,27). The number of imidazole rings is 1. The van der Waals surface area contributed by atoms with Crippen LogP contribution in [0, 0.1) is 11.8 Å². The average molecular weight is 391 g/mol. The van der Waals surface area contributed by atoms with Crippen LogP contribution in [0.5, 0.6) is 5.75 Å². The van der Waals surface area contributed by atoms with Crippen LogP contribution in [0.2, 0.25) is 0 Å². The summed E-state index contributed by atoms with van der Waals surface area (Å²) in [6.07, 6.45) is 3.49. The molecule has 1 aliphatic heterocycles. The number of aryl methyl sites for hydroxylation is 1. The number of aliphatic hydroxyl groups is 1. The number of aromatic nitrogens is 4. The van der Waals surface area contributed by atoms with Crippen LogP contribution >= 0.6 is 0 Å². The van der Waals surface area contributed by atoms with Gasteiger partial charge in [0.15, 0.2) is 5.69 Å². The zero-order valence-corrected chi connectivity index (χ0v) is 16.4. The third-order valence-electron chi connectivity index (χ3n) is 4.48. The number of amides is 1. The van der Waals surface area contributed by atoms with Crippen LogP contribution in [0.15, 0.2) is 30.6 Å². The molecule has 8 heteroatoms. The number of hydrogen-bond donors (Lipinski definition) is 2. The summed E-state index contributed by atoms with van der Waals surface area (Å²) < 4.78 is 9.48. The number of primary amides is 1. The highest BCUT2D eigenvalue weighted by molar-refractivity contribution is 5.98. The van der Waals surface area contributed by atoms with E-state index >= 15 is 0 Å². The smallest absolute Gasteiger partial charge is 0.269 e. The highest BCUT2D eigenvalue weighted by Crippen LogP contribution is 2.37. The normalized spacial score (nSPS) is 12.8. The van der Waals surface area contributed by atoms with Crippen molar-refractivity contribution in [2.45, 2.75) is 26.0 Å². The molecule has 3 N–H and O–H groups in total. The van der Waals surface area contributed by atoms with Gasteiger partial charge in [0.25, 0.3) is 5.91 Å². The molecular weight excluding hydrogens is 370 g/mol. The number of hydrogen-bond acceptors (Lipinski definition) is 5. The molecule has 1 amide bonds. The number of fused-ring (bicyclic) bond motifs is 3. The summed E-state index contributed by atoms with van der Waals surface area (Å²) in [7, 11) is 1.80. The number of nitrogens with two attached hydrogens (primary N) is 1. The van der Waals surface area contributed by atoms with E-state index in [0.717, 1.165) is 5.56 Å². The molecule has 0 radical (unpaired) electrons. The first-order chi connectivity index (χ1) is 13.7. The second-order valence-electron chi connectivity index (χ2n) is 7.42. The molecule has 3 aromatic rings. The molecule has 0 unspecified atom stereocenters. The van der Waals surface area contributed by atoms with Crippen molar-refractivity contribution < 1.29 is 14.6 Å². The summed E-state index contributed by atoms with van der Waals surface area (Å²) in [5, 5.41) is 14.1. The predicted molar refractivity (Wildman–Crippen MR) is 107 cm³/mol. The molecule has 2 aromatic heterocycles. The lowest BCUT2D eigenvalue weighted by molar-refractivity contribution is 0.0996. The minimum Gasteiger partial charge on any atom is -0.491 e. The largest absolute Gasteiger partial charge is 0.491 e. The minimum absolute atomic E-state index is 0.189. The fourth-order valence-electron chi connectivity index (χ4n) is 3.26. The Balaban J connectivity index is 1.92. The Morgan fingerprint density at radius 1 is 1.38 bits per heavy atom. The maximum atomic E-state index is 12.1. The molecule has 4 rings (SSSR count). The highest BCUT2D eigenvalue weighted by atomic mass is 16.5. The van der Waals surface area contributed by atoms with Gasteiger partial charge in [-0.25, -0.2) is 4.98 Å². The number of carbonyl (C=O) groups is 1. The van der Waals surface area contributed by atoms with E-state index in [1.54, 1.807) is 31.8 Å². The SMILES string of the molecule is Cn1cc(-c2c(C(N)=O)nc3n2CCOc2ccc(C#CC(C)(C)O)cc2-3)cn1. The molecule has 148 valence electrons. The van der Waals surface area contributed by atoms with Gasteiger partial charge in [0.2, 0.25) is 0 Å². The molecule has 0 fully saturated rings. The van der Waals surface area contributed by atoms with E-state index in [-0.39, 0.29) is 5.69 Å². The van der Waals surface area contributed by atoms with Crippen molar-refractivity contribution >= 4 is 5.91 Å². The highest BCUT2D eigenvalue weighted by Gasteiger charge is 2.27. The van der Waals surface area contributed by atoms with Gasteiger partial charge in [0.1, 0.15) is 23.8 Å². The molecular formula is C21H21N5O3. The zero-order chi connectivity index (χ0) is 20.8. The van der Waals surface area contributed by atoms with Crippen LogP contribution in [0.4, 0.5) is 0 Å². The van der Waals surface area contributed by atoms with Crippen LogP contribution in [0.25, 0.3) is 22.6 Å². The molecule has 0 saturated carbocycles. The van der Waals surface area contributed by atoms with E-state index in [4.69, 9.17) is 10.5 Å².